The lowest BCUT2D eigenvalue weighted by molar-refractivity contribution is -0.0542. The lowest BCUT2D eigenvalue weighted by Crippen LogP contribution is -2.33. The molecule has 5 rings (SSSR count). The highest BCUT2D eigenvalue weighted by Gasteiger charge is 2.33. The zero-order chi connectivity index (χ0) is 22.3. The summed E-state index contributed by atoms with van der Waals surface area (Å²) in [5.41, 5.74) is 3.19. The maximum atomic E-state index is 6.38. The Morgan fingerprint density at radius 2 is 2.03 bits per heavy atom. The number of thioether (sulfide) groups is 2. The van der Waals surface area contributed by atoms with Crippen molar-refractivity contribution in [2.75, 3.05) is 5.75 Å². The molecule has 1 unspecified atom stereocenters. The standard InChI is InChI=1S/C23H25ClN4OS3/c1-4-10-30-21-25-20-18(15-11-23(3,5-2)29-12-17(15)32-20)19-26-27-22(28(19)21)31-13-14-8-6-7-9-16(14)24/h6-9H,4-5,10-13H2,1-3H3. The molecule has 0 amide bonds. The fourth-order valence-electron chi connectivity index (χ4n) is 3.89. The molecule has 4 aromatic rings. The second kappa shape index (κ2) is 9.14. The molecule has 1 aliphatic heterocycles. The van der Waals surface area contributed by atoms with E-state index < -0.39 is 0 Å². The topological polar surface area (TPSA) is 52.3 Å². The molecule has 0 fully saturated rings. The van der Waals surface area contributed by atoms with Gasteiger partial charge in [0.15, 0.2) is 16.0 Å². The molecule has 0 N–H and O–H groups in total. The Bertz CT molecular complexity index is 1290. The Balaban J connectivity index is 1.62. The third-order valence-corrected chi connectivity index (χ3v) is 9.51. The van der Waals surface area contributed by atoms with Gasteiger partial charge < -0.3 is 4.74 Å². The molecule has 1 atom stereocenters. The van der Waals surface area contributed by atoms with Gasteiger partial charge in [-0.05, 0) is 37.0 Å². The molecular formula is C23H25ClN4OS3. The second-order valence-corrected chi connectivity index (χ2v) is 11.7. The van der Waals surface area contributed by atoms with Gasteiger partial charge in [0, 0.05) is 27.8 Å². The normalized spacial score (nSPS) is 18.5. The van der Waals surface area contributed by atoms with Crippen molar-refractivity contribution >= 4 is 62.3 Å². The molecule has 3 aromatic heterocycles. The van der Waals surface area contributed by atoms with Crippen molar-refractivity contribution in [1.82, 2.24) is 19.6 Å². The number of rotatable bonds is 7. The maximum Gasteiger partial charge on any atom is 0.198 e. The van der Waals surface area contributed by atoms with Crippen LogP contribution in [-0.2, 0) is 23.5 Å². The number of fused-ring (bicyclic) bond motifs is 5. The van der Waals surface area contributed by atoms with Gasteiger partial charge >= 0.3 is 0 Å². The molecule has 4 heterocycles. The van der Waals surface area contributed by atoms with E-state index in [1.807, 2.05) is 18.2 Å². The van der Waals surface area contributed by atoms with Crippen LogP contribution in [0.4, 0.5) is 0 Å². The van der Waals surface area contributed by atoms with E-state index in [9.17, 15) is 0 Å². The number of nitrogens with zero attached hydrogens (tertiary/aromatic N) is 4. The van der Waals surface area contributed by atoms with E-state index in [-0.39, 0.29) is 5.60 Å². The van der Waals surface area contributed by atoms with E-state index in [2.05, 4.69) is 41.4 Å². The predicted octanol–water partition coefficient (Wildman–Crippen LogP) is 7.03. The number of thiophene rings is 1. The zero-order valence-electron chi connectivity index (χ0n) is 18.4. The Kier molecular flexibility index (Phi) is 6.42. The van der Waals surface area contributed by atoms with Crippen LogP contribution in [0.5, 0.6) is 0 Å². The van der Waals surface area contributed by atoms with Crippen molar-refractivity contribution in [3.05, 3.63) is 45.3 Å². The van der Waals surface area contributed by atoms with Crippen LogP contribution in [0.15, 0.2) is 34.6 Å². The maximum absolute atomic E-state index is 6.38. The molecule has 9 heteroatoms. The highest BCUT2D eigenvalue weighted by molar-refractivity contribution is 7.99. The summed E-state index contributed by atoms with van der Waals surface area (Å²) in [5.74, 6) is 1.74. The highest BCUT2D eigenvalue weighted by Crippen LogP contribution is 2.42. The summed E-state index contributed by atoms with van der Waals surface area (Å²) in [6, 6.07) is 7.96. The number of hydrogen-bond donors (Lipinski definition) is 0. The molecular weight excluding hydrogens is 480 g/mol. The molecule has 168 valence electrons. The number of halogens is 1. The van der Waals surface area contributed by atoms with Gasteiger partial charge in [-0.3, -0.25) is 0 Å². The molecule has 5 nitrogen and oxygen atoms in total. The van der Waals surface area contributed by atoms with Gasteiger partial charge in [-0.25, -0.2) is 9.38 Å². The minimum Gasteiger partial charge on any atom is -0.369 e. The van der Waals surface area contributed by atoms with Crippen molar-refractivity contribution in [3.63, 3.8) is 0 Å². The third kappa shape index (κ3) is 4.05. The van der Waals surface area contributed by atoms with Crippen molar-refractivity contribution in [2.24, 2.45) is 0 Å². The van der Waals surface area contributed by atoms with Gasteiger partial charge in [0.25, 0.3) is 0 Å². The first kappa shape index (κ1) is 22.5. The fraction of sp³-hybridized carbons (Fsp3) is 0.435. The SMILES string of the molecule is CCCSc1nc2sc3c(c2c2nnc(SCc4ccccc4Cl)n12)CC(C)(CC)OC3. The minimum atomic E-state index is -0.144. The first-order valence-corrected chi connectivity index (χ1v) is 14.0. The Labute approximate surface area is 205 Å². The van der Waals surface area contributed by atoms with Gasteiger partial charge in [-0.2, -0.15) is 0 Å². The number of hydrogen-bond acceptors (Lipinski definition) is 7. The Hall–Kier alpha value is -1.32. The molecule has 0 bridgehead atoms. The Morgan fingerprint density at radius 1 is 1.19 bits per heavy atom. The average Bonchev–Trinajstić information content (AvgIpc) is 3.37. The van der Waals surface area contributed by atoms with Crippen LogP contribution in [0, 0.1) is 0 Å². The molecule has 1 aromatic carbocycles. The summed E-state index contributed by atoms with van der Waals surface area (Å²) in [6.45, 7) is 7.22. The molecule has 32 heavy (non-hydrogen) atoms. The van der Waals surface area contributed by atoms with E-state index in [1.54, 1.807) is 34.9 Å². The molecule has 0 saturated carbocycles. The Morgan fingerprint density at radius 3 is 2.81 bits per heavy atom. The van der Waals surface area contributed by atoms with E-state index in [0.717, 1.165) is 67.5 Å². The smallest absolute Gasteiger partial charge is 0.198 e. The highest BCUT2D eigenvalue weighted by atomic mass is 35.5. The quantitative estimate of drug-likeness (QED) is 0.199. The molecule has 1 aliphatic rings. The first-order valence-electron chi connectivity index (χ1n) is 10.9. The van der Waals surface area contributed by atoms with Crippen LogP contribution in [0.25, 0.3) is 15.9 Å². The summed E-state index contributed by atoms with van der Waals surface area (Å²) in [6.07, 6.45) is 2.94. The summed E-state index contributed by atoms with van der Waals surface area (Å²) < 4.78 is 8.35. The van der Waals surface area contributed by atoms with Crippen LogP contribution < -0.4 is 0 Å². The summed E-state index contributed by atoms with van der Waals surface area (Å²) in [5, 5.41) is 13.0. The largest absolute Gasteiger partial charge is 0.369 e. The van der Waals surface area contributed by atoms with Gasteiger partial charge in [0.05, 0.1) is 17.6 Å². The summed E-state index contributed by atoms with van der Waals surface area (Å²) in [4.78, 5) is 7.41. The lowest BCUT2D eigenvalue weighted by atomic mass is 9.90. The van der Waals surface area contributed by atoms with Gasteiger partial charge in [-0.15, -0.1) is 21.5 Å². The lowest BCUT2D eigenvalue weighted by Gasteiger charge is -2.33. The average molecular weight is 505 g/mol. The molecule has 0 saturated heterocycles. The number of ether oxygens (including phenoxy) is 1. The van der Waals surface area contributed by atoms with Crippen LogP contribution in [-0.4, -0.2) is 30.9 Å². The minimum absolute atomic E-state index is 0.144. The van der Waals surface area contributed by atoms with Crippen LogP contribution in [0.2, 0.25) is 5.02 Å². The molecule has 0 spiro atoms. The van der Waals surface area contributed by atoms with E-state index in [0.29, 0.717) is 6.61 Å². The van der Waals surface area contributed by atoms with Crippen molar-refractivity contribution in [1.29, 1.82) is 0 Å². The monoisotopic (exact) mass is 504 g/mol. The van der Waals surface area contributed by atoms with E-state index >= 15 is 0 Å². The third-order valence-electron chi connectivity index (χ3n) is 5.92. The van der Waals surface area contributed by atoms with E-state index in [4.69, 9.17) is 21.3 Å². The summed E-state index contributed by atoms with van der Waals surface area (Å²) in [7, 11) is 0. The first-order chi connectivity index (χ1) is 15.5. The second-order valence-electron chi connectivity index (χ2n) is 8.22. The van der Waals surface area contributed by atoms with E-state index in [1.165, 1.54) is 10.4 Å². The van der Waals surface area contributed by atoms with Crippen LogP contribution in [0.1, 0.15) is 49.6 Å². The predicted molar refractivity (Wildman–Crippen MR) is 135 cm³/mol. The number of aromatic nitrogens is 4. The molecule has 0 aliphatic carbocycles. The zero-order valence-corrected chi connectivity index (χ0v) is 21.6. The van der Waals surface area contributed by atoms with Crippen molar-refractivity contribution in [2.45, 2.75) is 68.3 Å². The number of benzene rings is 1. The van der Waals surface area contributed by atoms with Crippen molar-refractivity contribution in [3.8, 4) is 0 Å². The van der Waals surface area contributed by atoms with Gasteiger partial charge in [0.1, 0.15) is 4.83 Å². The van der Waals surface area contributed by atoms with Gasteiger partial charge in [0.2, 0.25) is 0 Å². The van der Waals surface area contributed by atoms with Crippen molar-refractivity contribution < 1.29 is 4.74 Å². The van der Waals surface area contributed by atoms with Crippen LogP contribution in [0.3, 0.4) is 0 Å². The van der Waals surface area contributed by atoms with Gasteiger partial charge in [-0.1, -0.05) is 67.2 Å². The fourth-order valence-corrected chi connectivity index (χ4v) is 7.16. The summed E-state index contributed by atoms with van der Waals surface area (Å²) >= 11 is 11.5. The van der Waals surface area contributed by atoms with Crippen LogP contribution >= 0.6 is 46.5 Å². The molecule has 0 radical (unpaired) electrons.